The van der Waals surface area contributed by atoms with E-state index >= 15 is 0 Å². The lowest BCUT2D eigenvalue weighted by Gasteiger charge is -2.33. The van der Waals surface area contributed by atoms with Gasteiger partial charge in [0.05, 0.1) is 34.8 Å². The first-order valence-electron chi connectivity index (χ1n) is 13.3. The molecule has 9 nitrogen and oxygen atoms in total. The lowest BCUT2D eigenvalue weighted by atomic mass is 10.1. The van der Waals surface area contributed by atoms with E-state index in [1.54, 1.807) is 49.4 Å². The Morgan fingerprint density at radius 2 is 1.57 bits per heavy atom. The summed E-state index contributed by atoms with van der Waals surface area (Å²) >= 11 is 12.3. The molecule has 226 valence electrons. The van der Waals surface area contributed by atoms with Crippen molar-refractivity contribution in [2.24, 2.45) is 0 Å². The van der Waals surface area contributed by atoms with Crippen molar-refractivity contribution in [1.82, 2.24) is 10.2 Å². The van der Waals surface area contributed by atoms with Gasteiger partial charge in [0.1, 0.15) is 12.6 Å². The SMILES string of the molecule is CC[C@H](C(=O)NC(C)C)N(Cc1ccc(Cl)c(Cl)c1)C(=O)CN(c1ccc(OC)c(OC)c1)S(=O)(=O)c1ccccc1. The van der Waals surface area contributed by atoms with Gasteiger partial charge in [-0.05, 0) is 62.2 Å². The standard InChI is InChI=1S/C30H35Cl2N3O6S/c1-6-26(30(37)33-20(2)3)34(18-21-12-14-24(31)25(32)16-21)29(36)19-35(42(38,39)23-10-8-7-9-11-23)22-13-15-27(40-4)28(17-22)41-5/h7-17,20,26H,6,18-19H2,1-5H3,(H,33,37)/t26-/m1/s1. The Morgan fingerprint density at radius 3 is 2.14 bits per heavy atom. The Bertz CT molecular complexity index is 1500. The number of hydrogen-bond donors (Lipinski definition) is 1. The molecule has 1 atom stereocenters. The Morgan fingerprint density at radius 1 is 0.905 bits per heavy atom. The average Bonchev–Trinajstić information content (AvgIpc) is 2.97. The Balaban J connectivity index is 2.12. The second-order valence-corrected chi connectivity index (χ2v) is 12.4. The van der Waals surface area contributed by atoms with Crippen LogP contribution in [0.2, 0.25) is 10.0 Å². The number of nitrogens with zero attached hydrogens (tertiary/aromatic N) is 2. The number of nitrogens with one attached hydrogen (secondary N) is 1. The van der Waals surface area contributed by atoms with E-state index in [4.69, 9.17) is 32.7 Å². The maximum Gasteiger partial charge on any atom is 0.264 e. The lowest BCUT2D eigenvalue weighted by molar-refractivity contribution is -0.140. The molecule has 0 aliphatic rings. The summed E-state index contributed by atoms with van der Waals surface area (Å²) in [6, 6.07) is 16.2. The van der Waals surface area contributed by atoms with Crippen molar-refractivity contribution in [2.45, 2.75) is 50.7 Å². The molecular formula is C30H35Cl2N3O6S. The molecule has 3 aromatic rings. The third-order valence-electron chi connectivity index (χ3n) is 6.42. The minimum atomic E-state index is -4.23. The van der Waals surface area contributed by atoms with Crippen LogP contribution in [0.15, 0.2) is 71.6 Å². The first kappa shape index (κ1) is 33.0. The van der Waals surface area contributed by atoms with E-state index in [1.807, 2.05) is 13.8 Å². The van der Waals surface area contributed by atoms with Crippen molar-refractivity contribution >= 4 is 50.7 Å². The quantitative estimate of drug-likeness (QED) is 0.264. The molecule has 0 fully saturated rings. The summed E-state index contributed by atoms with van der Waals surface area (Å²) in [5, 5.41) is 3.50. The van der Waals surface area contributed by atoms with Crippen LogP contribution in [0.4, 0.5) is 5.69 Å². The summed E-state index contributed by atoms with van der Waals surface area (Å²) in [5.74, 6) is -0.279. The number of rotatable bonds is 13. The van der Waals surface area contributed by atoms with E-state index in [1.165, 1.54) is 43.4 Å². The zero-order valence-electron chi connectivity index (χ0n) is 24.1. The zero-order chi connectivity index (χ0) is 31.0. The minimum Gasteiger partial charge on any atom is -0.493 e. The molecule has 1 N–H and O–H groups in total. The summed E-state index contributed by atoms with van der Waals surface area (Å²) in [6.07, 6.45) is 0.285. The minimum absolute atomic E-state index is 0.00629. The number of benzene rings is 3. The number of methoxy groups -OCH3 is 2. The largest absolute Gasteiger partial charge is 0.493 e. The van der Waals surface area contributed by atoms with Crippen LogP contribution in [0, 0.1) is 0 Å². The number of anilines is 1. The summed E-state index contributed by atoms with van der Waals surface area (Å²) in [4.78, 5) is 28.8. The van der Waals surface area contributed by atoms with E-state index in [2.05, 4.69) is 5.32 Å². The van der Waals surface area contributed by atoms with Gasteiger partial charge in [-0.15, -0.1) is 0 Å². The van der Waals surface area contributed by atoms with Crippen LogP contribution in [0.3, 0.4) is 0 Å². The van der Waals surface area contributed by atoms with Crippen LogP contribution in [0.25, 0.3) is 0 Å². The fourth-order valence-electron chi connectivity index (χ4n) is 4.36. The first-order chi connectivity index (χ1) is 19.9. The molecule has 12 heteroatoms. The highest BCUT2D eigenvalue weighted by Crippen LogP contribution is 2.34. The highest BCUT2D eigenvalue weighted by Gasteiger charge is 2.34. The predicted octanol–water partition coefficient (Wildman–Crippen LogP) is 5.54. The van der Waals surface area contributed by atoms with Crippen LogP contribution >= 0.6 is 23.2 Å². The van der Waals surface area contributed by atoms with Crippen molar-refractivity contribution in [3.8, 4) is 11.5 Å². The average molecular weight is 637 g/mol. The van der Waals surface area contributed by atoms with Gasteiger partial charge >= 0.3 is 0 Å². The highest BCUT2D eigenvalue weighted by molar-refractivity contribution is 7.92. The third kappa shape index (κ3) is 7.87. The van der Waals surface area contributed by atoms with Crippen molar-refractivity contribution in [3.63, 3.8) is 0 Å². The fourth-order valence-corrected chi connectivity index (χ4v) is 6.11. The monoisotopic (exact) mass is 635 g/mol. The van der Waals surface area contributed by atoms with Crippen LogP contribution in [-0.4, -0.2) is 58.0 Å². The molecule has 0 saturated carbocycles. The fraction of sp³-hybridized carbons (Fsp3) is 0.333. The van der Waals surface area contributed by atoms with E-state index < -0.39 is 28.5 Å². The number of carbonyl (C=O) groups is 2. The van der Waals surface area contributed by atoms with Crippen molar-refractivity contribution in [3.05, 3.63) is 82.3 Å². The number of sulfonamides is 1. The van der Waals surface area contributed by atoms with Gasteiger partial charge in [-0.2, -0.15) is 0 Å². The van der Waals surface area contributed by atoms with Crippen molar-refractivity contribution < 1.29 is 27.5 Å². The smallest absolute Gasteiger partial charge is 0.264 e. The highest BCUT2D eigenvalue weighted by atomic mass is 35.5. The van der Waals surface area contributed by atoms with Crippen molar-refractivity contribution in [2.75, 3.05) is 25.1 Å². The number of ether oxygens (including phenoxy) is 2. The molecule has 0 unspecified atom stereocenters. The normalized spacial score (nSPS) is 12.0. The Hall–Kier alpha value is -3.47. The molecule has 0 aromatic heterocycles. The topological polar surface area (TPSA) is 105 Å². The summed E-state index contributed by atoms with van der Waals surface area (Å²) in [6.45, 7) is 4.82. The molecule has 0 radical (unpaired) electrons. The van der Waals surface area contributed by atoms with Crippen LogP contribution in [0.1, 0.15) is 32.8 Å². The molecule has 0 spiro atoms. The molecule has 0 aliphatic heterocycles. The molecule has 3 aromatic carbocycles. The van der Waals surface area contributed by atoms with Gasteiger partial charge in [-0.25, -0.2) is 8.42 Å². The maximum absolute atomic E-state index is 14.2. The van der Waals surface area contributed by atoms with E-state index in [0.717, 1.165) is 4.31 Å². The van der Waals surface area contributed by atoms with Gasteiger partial charge in [0.25, 0.3) is 10.0 Å². The Kier molecular flexibility index (Phi) is 11.5. The summed E-state index contributed by atoms with van der Waals surface area (Å²) < 4.78 is 39.7. The van der Waals surface area contributed by atoms with Crippen LogP contribution in [-0.2, 0) is 26.2 Å². The molecule has 0 heterocycles. The number of halogens is 2. The molecule has 3 rings (SSSR count). The van der Waals surface area contributed by atoms with E-state index in [-0.39, 0.29) is 41.2 Å². The second kappa shape index (κ2) is 14.6. The van der Waals surface area contributed by atoms with Gasteiger partial charge < -0.3 is 19.7 Å². The number of amides is 2. The van der Waals surface area contributed by atoms with Gasteiger partial charge in [0.2, 0.25) is 11.8 Å². The Labute approximate surface area is 257 Å². The maximum atomic E-state index is 14.2. The van der Waals surface area contributed by atoms with Gasteiger partial charge in [0.15, 0.2) is 11.5 Å². The van der Waals surface area contributed by atoms with Crippen LogP contribution < -0.4 is 19.1 Å². The number of hydrogen-bond acceptors (Lipinski definition) is 6. The van der Waals surface area contributed by atoms with Gasteiger partial charge in [-0.3, -0.25) is 13.9 Å². The van der Waals surface area contributed by atoms with E-state index in [0.29, 0.717) is 21.4 Å². The lowest BCUT2D eigenvalue weighted by Crippen LogP contribution is -2.53. The third-order valence-corrected chi connectivity index (χ3v) is 8.95. The first-order valence-corrected chi connectivity index (χ1v) is 15.5. The molecule has 0 aliphatic carbocycles. The molecule has 2 amide bonds. The molecule has 0 bridgehead atoms. The zero-order valence-corrected chi connectivity index (χ0v) is 26.5. The van der Waals surface area contributed by atoms with Crippen molar-refractivity contribution in [1.29, 1.82) is 0 Å². The summed E-state index contributed by atoms with van der Waals surface area (Å²) in [5.41, 5.74) is 0.802. The predicted molar refractivity (Wildman–Crippen MR) is 165 cm³/mol. The molecule has 0 saturated heterocycles. The molecular weight excluding hydrogens is 601 g/mol. The molecule has 42 heavy (non-hydrogen) atoms. The second-order valence-electron chi connectivity index (χ2n) is 9.72. The number of carbonyl (C=O) groups excluding carboxylic acids is 2. The van der Waals surface area contributed by atoms with Crippen LogP contribution in [0.5, 0.6) is 11.5 Å². The summed E-state index contributed by atoms with van der Waals surface area (Å²) in [7, 11) is -1.34. The van der Waals surface area contributed by atoms with Gasteiger partial charge in [-0.1, -0.05) is 54.4 Å². The van der Waals surface area contributed by atoms with E-state index in [9.17, 15) is 18.0 Å². The van der Waals surface area contributed by atoms with Gasteiger partial charge in [0, 0.05) is 18.7 Å².